The van der Waals surface area contributed by atoms with E-state index >= 15 is 0 Å². The van der Waals surface area contributed by atoms with Crippen molar-refractivity contribution in [3.05, 3.63) is 12.3 Å². The minimum Gasteiger partial charge on any atom is -0.369 e. The van der Waals surface area contributed by atoms with Crippen molar-refractivity contribution >= 4 is 17.8 Å². The summed E-state index contributed by atoms with van der Waals surface area (Å²) in [6.07, 6.45) is 3.28. The van der Waals surface area contributed by atoms with Crippen LogP contribution >= 0.6 is 0 Å². The van der Waals surface area contributed by atoms with Gasteiger partial charge in [0, 0.05) is 31.2 Å². The Labute approximate surface area is 130 Å². The largest absolute Gasteiger partial charge is 0.369 e. The number of nitrogens with one attached hydrogen (secondary N) is 2. The predicted octanol–water partition coefficient (Wildman–Crippen LogP) is 0.535. The number of anilines is 1. The van der Waals surface area contributed by atoms with E-state index in [0.29, 0.717) is 5.82 Å². The molecule has 2 heterocycles. The summed E-state index contributed by atoms with van der Waals surface area (Å²) in [5.41, 5.74) is 5.18. The van der Waals surface area contributed by atoms with E-state index in [0.717, 1.165) is 25.9 Å². The summed E-state index contributed by atoms with van der Waals surface area (Å²) >= 11 is 0. The number of amides is 3. The molecule has 0 bridgehead atoms. The summed E-state index contributed by atoms with van der Waals surface area (Å²) < 4.78 is 1.76. The molecular formula is C14H24N6O2. The number of likely N-dealkylation sites (tertiary alicyclic amines) is 1. The number of carbonyl (C=O) groups is 2. The first-order valence-corrected chi connectivity index (χ1v) is 7.57. The quantitative estimate of drug-likeness (QED) is 0.738. The zero-order valence-electron chi connectivity index (χ0n) is 13.1. The van der Waals surface area contributed by atoms with E-state index in [4.69, 9.17) is 5.73 Å². The Balaban J connectivity index is 1.78. The van der Waals surface area contributed by atoms with Gasteiger partial charge in [-0.1, -0.05) is 0 Å². The SMILES string of the molecule is CC(C)n1nccc1NC(=O)NC1CCN(CC(N)=O)CC1. The zero-order chi connectivity index (χ0) is 16.1. The molecule has 1 saturated heterocycles. The van der Waals surface area contributed by atoms with Crippen LogP contribution < -0.4 is 16.4 Å². The van der Waals surface area contributed by atoms with Crippen LogP contribution in [0.1, 0.15) is 32.7 Å². The highest BCUT2D eigenvalue weighted by molar-refractivity contribution is 5.88. The minimum atomic E-state index is -0.314. The van der Waals surface area contributed by atoms with Crippen LogP contribution in [-0.2, 0) is 4.79 Å². The molecule has 4 N–H and O–H groups in total. The second-order valence-corrected chi connectivity index (χ2v) is 5.87. The van der Waals surface area contributed by atoms with Crippen molar-refractivity contribution in [1.82, 2.24) is 20.0 Å². The molecule has 1 aromatic rings. The number of nitrogens with two attached hydrogens (primary N) is 1. The molecule has 1 aliphatic heterocycles. The molecule has 1 fully saturated rings. The smallest absolute Gasteiger partial charge is 0.320 e. The van der Waals surface area contributed by atoms with Crippen molar-refractivity contribution in [2.45, 2.75) is 38.8 Å². The lowest BCUT2D eigenvalue weighted by atomic mass is 10.1. The van der Waals surface area contributed by atoms with Crippen LogP contribution in [-0.4, -0.2) is 52.3 Å². The number of nitrogens with zero attached hydrogens (tertiary/aromatic N) is 3. The summed E-state index contributed by atoms with van der Waals surface area (Å²) in [5, 5.41) is 9.97. The molecule has 0 unspecified atom stereocenters. The van der Waals surface area contributed by atoms with Gasteiger partial charge in [0.1, 0.15) is 5.82 Å². The molecule has 0 radical (unpaired) electrons. The van der Waals surface area contributed by atoms with E-state index in [1.807, 2.05) is 18.7 Å². The number of urea groups is 1. The van der Waals surface area contributed by atoms with Crippen molar-refractivity contribution in [2.75, 3.05) is 25.0 Å². The van der Waals surface area contributed by atoms with Crippen LogP contribution in [0.3, 0.4) is 0 Å². The zero-order valence-corrected chi connectivity index (χ0v) is 13.1. The summed E-state index contributed by atoms with van der Waals surface area (Å²) in [6.45, 7) is 5.82. The molecule has 0 aliphatic carbocycles. The lowest BCUT2D eigenvalue weighted by Crippen LogP contribution is -2.47. The van der Waals surface area contributed by atoms with Crippen LogP contribution in [0, 0.1) is 0 Å². The van der Waals surface area contributed by atoms with Gasteiger partial charge in [0.15, 0.2) is 0 Å². The molecule has 0 saturated carbocycles. The highest BCUT2D eigenvalue weighted by atomic mass is 16.2. The maximum Gasteiger partial charge on any atom is 0.320 e. The Hall–Kier alpha value is -2.09. The monoisotopic (exact) mass is 308 g/mol. The molecule has 3 amide bonds. The fourth-order valence-corrected chi connectivity index (χ4v) is 2.62. The van der Waals surface area contributed by atoms with Gasteiger partial charge in [-0.05, 0) is 26.7 Å². The highest BCUT2D eigenvalue weighted by Crippen LogP contribution is 2.14. The fraction of sp³-hybridized carbons (Fsp3) is 0.643. The lowest BCUT2D eigenvalue weighted by Gasteiger charge is -2.31. The molecule has 0 spiro atoms. The number of rotatable bonds is 5. The predicted molar refractivity (Wildman–Crippen MR) is 83.4 cm³/mol. The third-order valence-corrected chi connectivity index (χ3v) is 3.70. The minimum absolute atomic E-state index is 0.111. The number of hydrogen-bond donors (Lipinski definition) is 3. The molecule has 0 atom stereocenters. The fourth-order valence-electron chi connectivity index (χ4n) is 2.62. The molecule has 122 valence electrons. The van der Waals surface area contributed by atoms with Gasteiger partial charge in [0.25, 0.3) is 0 Å². The van der Waals surface area contributed by atoms with Crippen LogP contribution in [0.4, 0.5) is 10.6 Å². The second-order valence-electron chi connectivity index (χ2n) is 5.87. The first kappa shape index (κ1) is 16.3. The molecule has 8 nitrogen and oxygen atoms in total. The first-order valence-electron chi connectivity index (χ1n) is 7.57. The molecule has 1 aliphatic rings. The third-order valence-electron chi connectivity index (χ3n) is 3.70. The molecule has 22 heavy (non-hydrogen) atoms. The van der Waals surface area contributed by atoms with E-state index in [1.165, 1.54) is 0 Å². The van der Waals surface area contributed by atoms with Gasteiger partial charge >= 0.3 is 6.03 Å². The van der Waals surface area contributed by atoms with Crippen LogP contribution in [0.2, 0.25) is 0 Å². The number of carbonyl (C=O) groups excluding carboxylic acids is 2. The Bertz CT molecular complexity index is 519. The molecule has 8 heteroatoms. The number of aromatic nitrogens is 2. The number of primary amides is 1. The lowest BCUT2D eigenvalue weighted by molar-refractivity contribution is -0.119. The van der Waals surface area contributed by atoms with E-state index in [1.54, 1.807) is 16.9 Å². The summed E-state index contributed by atoms with van der Waals surface area (Å²) in [5.74, 6) is 0.366. The highest BCUT2D eigenvalue weighted by Gasteiger charge is 2.21. The average molecular weight is 308 g/mol. The first-order chi connectivity index (χ1) is 10.5. The van der Waals surface area contributed by atoms with Crippen LogP contribution in [0.25, 0.3) is 0 Å². The maximum absolute atomic E-state index is 12.1. The Morgan fingerprint density at radius 1 is 1.41 bits per heavy atom. The van der Waals surface area contributed by atoms with Crippen molar-refractivity contribution in [3.63, 3.8) is 0 Å². The number of piperidine rings is 1. The standard InChI is InChI=1S/C14H24N6O2/c1-10(2)20-13(3-6-16-20)18-14(22)17-11-4-7-19(8-5-11)9-12(15)21/h3,6,10-11H,4-5,7-9H2,1-2H3,(H2,15,21)(H2,17,18,22). The van der Waals surface area contributed by atoms with E-state index in [9.17, 15) is 9.59 Å². The van der Waals surface area contributed by atoms with Crippen LogP contribution in [0.5, 0.6) is 0 Å². The molecular weight excluding hydrogens is 284 g/mol. The Morgan fingerprint density at radius 3 is 2.68 bits per heavy atom. The molecule has 0 aromatic carbocycles. The van der Waals surface area contributed by atoms with E-state index < -0.39 is 0 Å². The maximum atomic E-state index is 12.1. The van der Waals surface area contributed by atoms with Crippen molar-refractivity contribution in [1.29, 1.82) is 0 Å². The second kappa shape index (κ2) is 7.26. The van der Waals surface area contributed by atoms with Gasteiger partial charge in [-0.3, -0.25) is 15.0 Å². The van der Waals surface area contributed by atoms with Crippen molar-refractivity contribution < 1.29 is 9.59 Å². The van der Waals surface area contributed by atoms with Gasteiger partial charge in [-0.15, -0.1) is 0 Å². The Morgan fingerprint density at radius 2 is 2.09 bits per heavy atom. The number of hydrogen-bond acceptors (Lipinski definition) is 4. The van der Waals surface area contributed by atoms with Gasteiger partial charge in [0.2, 0.25) is 5.91 Å². The van der Waals surface area contributed by atoms with Crippen molar-refractivity contribution in [2.24, 2.45) is 5.73 Å². The van der Waals surface area contributed by atoms with Crippen LogP contribution in [0.15, 0.2) is 12.3 Å². The topological polar surface area (TPSA) is 105 Å². The third kappa shape index (κ3) is 4.45. The van der Waals surface area contributed by atoms with E-state index in [-0.39, 0.29) is 30.6 Å². The summed E-state index contributed by atoms with van der Waals surface area (Å²) in [7, 11) is 0. The summed E-state index contributed by atoms with van der Waals surface area (Å²) in [6, 6.07) is 1.84. The average Bonchev–Trinajstić information content (AvgIpc) is 2.88. The molecule has 2 rings (SSSR count). The van der Waals surface area contributed by atoms with E-state index in [2.05, 4.69) is 15.7 Å². The van der Waals surface area contributed by atoms with Gasteiger partial charge in [-0.2, -0.15) is 5.10 Å². The van der Waals surface area contributed by atoms with Crippen molar-refractivity contribution in [3.8, 4) is 0 Å². The summed E-state index contributed by atoms with van der Waals surface area (Å²) in [4.78, 5) is 25.0. The van der Waals surface area contributed by atoms with Gasteiger partial charge in [-0.25, -0.2) is 9.48 Å². The molecule has 1 aromatic heterocycles. The Kier molecular flexibility index (Phi) is 5.37. The van der Waals surface area contributed by atoms with Gasteiger partial charge in [0.05, 0.1) is 12.7 Å². The van der Waals surface area contributed by atoms with Gasteiger partial charge < -0.3 is 11.1 Å². The normalized spacial score (nSPS) is 16.7.